The molecule has 0 spiro atoms. The molecule has 2 heteroatoms. The molecule has 0 aromatic heterocycles. The van der Waals surface area contributed by atoms with E-state index in [0.717, 1.165) is 30.7 Å². The number of aliphatic hydroxyl groups is 1. The van der Waals surface area contributed by atoms with Crippen LogP contribution in [0.25, 0.3) is 0 Å². The van der Waals surface area contributed by atoms with E-state index in [1.165, 1.54) is 30.4 Å². The van der Waals surface area contributed by atoms with E-state index in [1.54, 1.807) is 0 Å². The van der Waals surface area contributed by atoms with Gasteiger partial charge in [-0.1, -0.05) is 13.0 Å². The Hall–Kier alpha value is -1.02. The first-order valence-electron chi connectivity index (χ1n) is 8.51. The highest BCUT2D eigenvalue weighted by Crippen LogP contribution is 2.61. The van der Waals surface area contributed by atoms with Crippen LogP contribution in [0.1, 0.15) is 61.6 Å². The summed E-state index contributed by atoms with van der Waals surface area (Å²) in [4.78, 5) is 0. The lowest BCUT2D eigenvalue weighted by molar-refractivity contribution is -0.0226. The molecule has 4 rings (SSSR count). The number of fused-ring (bicyclic) bond motifs is 5. The van der Waals surface area contributed by atoms with Gasteiger partial charge in [-0.05, 0) is 91.4 Å². The SMILES string of the molecule is Cc1cc2c(cc1O)CC[C@@H]1[C@@H]2CC[C@]2(C)[C@H](O)CC[C@@H]12. The number of aryl methyl sites for hydroxylation is 2. The van der Waals surface area contributed by atoms with Crippen molar-refractivity contribution in [2.45, 2.75) is 64.4 Å². The maximum atomic E-state index is 10.4. The Labute approximate surface area is 127 Å². The third-order valence-corrected chi connectivity index (χ3v) is 6.99. The van der Waals surface area contributed by atoms with Crippen molar-refractivity contribution < 1.29 is 10.2 Å². The van der Waals surface area contributed by atoms with Crippen LogP contribution in [0, 0.1) is 24.2 Å². The van der Waals surface area contributed by atoms with Crippen molar-refractivity contribution in [3.8, 4) is 5.75 Å². The minimum atomic E-state index is -0.0913. The molecule has 114 valence electrons. The van der Waals surface area contributed by atoms with Gasteiger partial charge in [0.1, 0.15) is 5.75 Å². The zero-order valence-electron chi connectivity index (χ0n) is 13.1. The highest BCUT2D eigenvalue weighted by molar-refractivity contribution is 5.45. The molecule has 2 nitrogen and oxygen atoms in total. The van der Waals surface area contributed by atoms with Gasteiger partial charge in [0.2, 0.25) is 0 Å². The van der Waals surface area contributed by atoms with E-state index in [1.807, 2.05) is 13.0 Å². The molecule has 0 amide bonds. The van der Waals surface area contributed by atoms with Crippen molar-refractivity contribution in [3.63, 3.8) is 0 Å². The summed E-state index contributed by atoms with van der Waals surface area (Å²) in [5, 5.41) is 20.4. The lowest BCUT2D eigenvalue weighted by Gasteiger charge is -2.50. The molecule has 21 heavy (non-hydrogen) atoms. The zero-order chi connectivity index (χ0) is 14.8. The molecule has 2 N–H and O–H groups in total. The summed E-state index contributed by atoms with van der Waals surface area (Å²) in [5.41, 5.74) is 4.02. The number of aromatic hydroxyl groups is 1. The molecule has 0 radical (unpaired) electrons. The van der Waals surface area contributed by atoms with Gasteiger partial charge >= 0.3 is 0 Å². The number of rotatable bonds is 0. The standard InChI is InChI=1S/C19H26O2/c1-11-9-15-12(10-17(11)20)3-4-14-13(15)7-8-19(2)16(14)5-6-18(19)21/h9-10,13-14,16,18,20-21H,3-8H2,1-2H3/t13-,14+,16-,18+,19-/m0/s1. The fraction of sp³-hybridized carbons (Fsp3) is 0.684. The second kappa shape index (κ2) is 4.49. The fourth-order valence-electron chi connectivity index (χ4n) is 5.69. The molecule has 1 aromatic rings. The minimum absolute atomic E-state index is 0.0913. The summed E-state index contributed by atoms with van der Waals surface area (Å²) in [6, 6.07) is 4.23. The molecule has 0 heterocycles. The van der Waals surface area contributed by atoms with E-state index in [-0.39, 0.29) is 11.5 Å². The predicted molar refractivity (Wildman–Crippen MR) is 83.5 cm³/mol. The number of benzene rings is 1. The minimum Gasteiger partial charge on any atom is -0.508 e. The molecular formula is C19H26O2. The Kier molecular flexibility index (Phi) is 2.91. The molecule has 0 saturated heterocycles. The summed E-state index contributed by atoms with van der Waals surface area (Å²) in [6.45, 7) is 4.33. The van der Waals surface area contributed by atoms with E-state index >= 15 is 0 Å². The Morgan fingerprint density at radius 3 is 2.76 bits per heavy atom. The van der Waals surface area contributed by atoms with Crippen LogP contribution in [0.4, 0.5) is 0 Å². The molecule has 0 aliphatic heterocycles. The van der Waals surface area contributed by atoms with Gasteiger partial charge in [-0.3, -0.25) is 0 Å². The topological polar surface area (TPSA) is 40.5 Å². The van der Waals surface area contributed by atoms with Gasteiger partial charge in [0.15, 0.2) is 0 Å². The number of phenolic OH excluding ortho intramolecular Hbond substituents is 1. The first-order chi connectivity index (χ1) is 10.0. The van der Waals surface area contributed by atoms with Crippen molar-refractivity contribution >= 4 is 0 Å². The number of aliphatic hydroxyl groups excluding tert-OH is 1. The molecular weight excluding hydrogens is 260 g/mol. The first-order valence-corrected chi connectivity index (χ1v) is 8.51. The van der Waals surface area contributed by atoms with Crippen molar-refractivity contribution in [3.05, 3.63) is 28.8 Å². The van der Waals surface area contributed by atoms with Gasteiger partial charge in [-0.15, -0.1) is 0 Å². The third-order valence-electron chi connectivity index (χ3n) is 6.99. The van der Waals surface area contributed by atoms with Crippen LogP contribution in [0.2, 0.25) is 0 Å². The first kappa shape index (κ1) is 13.6. The Bertz CT molecular complexity index is 579. The van der Waals surface area contributed by atoms with E-state index < -0.39 is 0 Å². The Balaban J connectivity index is 1.73. The molecule has 3 aliphatic carbocycles. The second-order valence-electron chi connectivity index (χ2n) is 7.89. The second-order valence-corrected chi connectivity index (χ2v) is 7.89. The average molecular weight is 286 g/mol. The molecule has 2 fully saturated rings. The van der Waals surface area contributed by atoms with Gasteiger partial charge in [0, 0.05) is 0 Å². The number of phenols is 1. The highest BCUT2D eigenvalue weighted by atomic mass is 16.3. The average Bonchev–Trinajstić information content (AvgIpc) is 2.76. The lowest BCUT2D eigenvalue weighted by atomic mass is 9.55. The number of hydrogen-bond donors (Lipinski definition) is 2. The summed E-state index contributed by atoms with van der Waals surface area (Å²) in [7, 11) is 0. The maximum Gasteiger partial charge on any atom is 0.118 e. The van der Waals surface area contributed by atoms with Gasteiger partial charge in [-0.25, -0.2) is 0 Å². The van der Waals surface area contributed by atoms with Crippen molar-refractivity contribution in [2.75, 3.05) is 0 Å². The van der Waals surface area contributed by atoms with Crippen LogP contribution >= 0.6 is 0 Å². The predicted octanol–water partition coefficient (Wildman–Crippen LogP) is 3.92. The van der Waals surface area contributed by atoms with Gasteiger partial charge < -0.3 is 10.2 Å². The van der Waals surface area contributed by atoms with E-state index in [4.69, 9.17) is 0 Å². The lowest BCUT2D eigenvalue weighted by Crippen LogP contribution is -2.43. The van der Waals surface area contributed by atoms with E-state index in [2.05, 4.69) is 13.0 Å². The Morgan fingerprint density at radius 2 is 1.95 bits per heavy atom. The van der Waals surface area contributed by atoms with Gasteiger partial charge in [0.05, 0.1) is 6.10 Å². The summed E-state index contributed by atoms with van der Waals surface area (Å²) >= 11 is 0. The molecule has 0 bridgehead atoms. The molecule has 0 unspecified atom stereocenters. The molecule has 3 aliphatic rings. The van der Waals surface area contributed by atoms with Crippen LogP contribution in [0.5, 0.6) is 5.75 Å². The summed E-state index contributed by atoms with van der Waals surface area (Å²) < 4.78 is 0. The van der Waals surface area contributed by atoms with Crippen LogP contribution < -0.4 is 0 Å². The molecule has 2 saturated carbocycles. The van der Waals surface area contributed by atoms with Crippen LogP contribution in [0.15, 0.2) is 12.1 Å². The zero-order valence-corrected chi connectivity index (χ0v) is 13.1. The van der Waals surface area contributed by atoms with Crippen molar-refractivity contribution in [2.24, 2.45) is 17.3 Å². The maximum absolute atomic E-state index is 10.4. The van der Waals surface area contributed by atoms with Crippen LogP contribution in [-0.2, 0) is 6.42 Å². The summed E-state index contributed by atoms with van der Waals surface area (Å²) in [6.07, 6.45) is 6.77. The molecule has 5 atom stereocenters. The van der Waals surface area contributed by atoms with Crippen LogP contribution in [-0.4, -0.2) is 16.3 Å². The normalized spacial score (nSPS) is 41.3. The van der Waals surface area contributed by atoms with E-state index in [0.29, 0.717) is 17.6 Å². The van der Waals surface area contributed by atoms with Gasteiger partial charge in [0.25, 0.3) is 0 Å². The smallest absolute Gasteiger partial charge is 0.118 e. The third kappa shape index (κ3) is 1.81. The fourth-order valence-corrected chi connectivity index (χ4v) is 5.69. The Morgan fingerprint density at radius 1 is 1.14 bits per heavy atom. The monoisotopic (exact) mass is 286 g/mol. The van der Waals surface area contributed by atoms with Crippen molar-refractivity contribution in [1.82, 2.24) is 0 Å². The van der Waals surface area contributed by atoms with E-state index in [9.17, 15) is 10.2 Å². The quantitative estimate of drug-likeness (QED) is 0.759. The molecule has 1 aromatic carbocycles. The number of hydrogen-bond acceptors (Lipinski definition) is 2. The van der Waals surface area contributed by atoms with Crippen LogP contribution in [0.3, 0.4) is 0 Å². The highest BCUT2D eigenvalue weighted by Gasteiger charge is 2.54. The summed E-state index contributed by atoms with van der Waals surface area (Å²) in [5.74, 6) is 2.52. The largest absolute Gasteiger partial charge is 0.508 e. The van der Waals surface area contributed by atoms with Gasteiger partial charge in [-0.2, -0.15) is 0 Å². The van der Waals surface area contributed by atoms with Crippen molar-refractivity contribution in [1.29, 1.82) is 0 Å².